The molecule has 1 heterocycles. The molecule has 0 saturated carbocycles. The van der Waals surface area contributed by atoms with Crippen LogP contribution in [0.4, 0.5) is 0 Å². The SMILES string of the molecule is CCCC(N)CCc1nccnc1OC. The molecule has 1 unspecified atom stereocenters. The van der Waals surface area contributed by atoms with E-state index in [0.717, 1.165) is 31.4 Å². The molecule has 0 bridgehead atoms. The molecule has 1 atom stereocenters. The highest BCUT2D eigenvalue weighted by molar-refractivity contribution is 5.17. The maximum Gasteiger partial charge on any atom is 0.235 e. The van der Waals surface area contributed by atoms with E-state index in [4.69, 9.17) is 10.5 Å². The summed E-state index contributed by atoms with van der Waals surface area (Å²) in [5.41, 5.74) is 6.83. The molecule has 1 rings (SSSR count). The van der Waals surface area contributed by atoms with Gasteiger partial charge in [-0.25, -0.2) is 4.98 Å². The lowest BCUT2D eigenvalue weighted by molar-refractivity contribution is 0.387. The first-order valence-electron chi connectivity index (χ1n) is 5.37. The molecule has 4 nitrogen and oxygen atoms in total. The third kappa shape index (κ3) is 3.83. The summed E-state index contributed by atoms with van der Waals surface area (Å²) in [5, 5.41) is 0. The Morgan fingerprint density at radius 3 is 2.73 bits per heavy atom. The lowest BCUT2D eigenvalue weighted by Crippen LogP contribution is -2.20. The topological polar surface area (TPSA) is 61.0 Å². The normalized spacial score (nSPS) is 12.5. The number of hydrogen-bond donors (Lipinski definition) is 1. The van der Waals surface area contributed by atoms with Gasteiger partial charge in [0.2, 0.25) is 5.88 Å². The molecule has 1 aromatic rings. The molecule has 2 N–H and O–H groups in total. The highest BCUT2D eigenvalue weighted by Crippen LogP contribution is 2.13. The van der Waals surface area contributed by atoms with Crippen molar-refractivity contribution in [2.24, 2.45) is 5.73 Å². The molecular formula is C11H19N3O. The predicted molar refractivity (Wildman–Crippen MR) is 59.8 cm³/mol. The third-order valence-corrected chi connectivity index (χ3v) is 2.34. The average Bonchev–Trinajstić information content (AvgIpc) is 2.27. The summed E-state index contributed by atoms with van der Waals surface area (Å²) >= 11 is 0. The molecule has 0 aliphatic rings. The fraction of sp³-hybridized carbons (Fsp3) is 0.636. The van der Waals surface area contributed by atoms with Crippen LogP contribution < -0.4 is 10.5 Å². The largest absolute Gasteiger partial charge is 0.480 e. The molecule has 0 aliphatic carbocycles. The van der Waals surface area contributed by atoms with Gasteiger partial charge in [-0.05, 0) is 19.3 Å². The summed E-state index contributed by atoms with van der Waals surface area (Å²) in [6.07, 6.45) is 7.26. The first kappa shape index (κ1) is 11.9. The molecular weight excluding hydrogens is 190 g/mol. The van der Waals surface area contributed by atoms with Crippen molar-refractivity contribution in [3.63, 3.8) is 0 Å². The van der Waals surface area contributed by atoms with Crippen molar-refractivity contribution >= 4 is 0 Å². The fourth-order valence-corrected chi connectivity index (χ4v) is 1.53. The van der Waals surface area contributed by atoms with Gasteiger partial charge in [0.1, 0.15) is 5.69 Å². The van der Waals surface area contributed by atoms with E-state index in [-0.39, 0.29) is 6.04 Å². The van der Waals surface area contributed by atoms with Gasteiger partial charge in [0.15, 0.2) is 0 Å². The minimum Gasteiger partial charge on any atom is -0.480 e. The fourth-order valence-electron chi connectivity index (χ4n) is 1.53. The highest BCUT2D eigenvalue weighted by atomic mass is 16.5. The van der Waals surface area contributed by atoms with E-state index in [0.29, 0.717) is 5.88 Å². The Balaban J connectivity index is 2.49. The standard InChI is InChI=1S/C11H19N3O/c1-3-4-9(12)5-6-10-11(15-2)14-8-7-13-10/h7-9H,3-6,12H2,1-2H3. The van der Waals surface area contributed by atoms with Crippen molar-refractivity contribution in [2.45, 2.75) is 38.6 Å². The highest BCUT2D eigenvalue weighted by Gasteiger charge is 2.07. The molecule has 15 heavy (non-hydrogen) atoms. The third-order valence-electron chi connectivity index (χ3n) is 2.34. The van der Waals surface area contributed by atoms with Gasteiger partial charge in [0.05, 0.1) is 7.11 Å². The Kier molecular flexibility index (Phi) is 5.04. The molecule has 0 saturated heterocycles. The molecule has 0 aromatic carbocycles. The summed E-state index contributed by atoms with van der Waals surface area (Å²) in [6.45, 7) is 2.14. The van der Waals surface area contributed by atoms with Crippen molar-refractivity contribution in [2.75, 3.05) is 7.11 Å². The van der Waals surface area contributed by atoms with Crippen LogP contribution in [0.25, 0.3) is 0 Å². The van der Waals surface area contributed by atoms with Crippen molar-refractivity contribution < 1.29 is 4.74 Å². The van der Waals surface area contributed by atoms with Gasteiger partial charge >= 0.3 is 0 Å². The van der Waals surface area contributed by atoms with Crippen LogP contribution in [0.2, 0.25) is 0 Å². The molecule has 1 aromatic heterocycles. The van der Waals surface area contributed by atoms with Crippen molar-refractivity contribution in [3.8, 4) is 5.88 Å². The van der Waals surface area contributed by atoms with Gasteiger partial charge in [-0.1, -0.05) is 13.3 Å². The maximum atomic E-state index is 5.93. The molecule has 4 heteroatoms. The van der Waals surface area contributed by atoms with Gasteiger partial charge in [-0.3, -0.25) is 4.98 Å². The van der Waals surface area contributed by atoms with Crippen LogP contribution in [-0.2, 0) is 6.42 Å². The van der Waals surface area contributed by atoms with Crippen LogP contribution in [-0.4, -0.2) is 23.1 Å². The van der Waals surface area contributed by atoms with E-state index in [9.17, 15) is 0 Å². The van der Waals surface area contributed by atoms with E-state index in [2.05, 4.69) is 16.9 Å². The van der Waals surface area contributed by atoms with Crippen LogP contribution in [0.15, 0.2) is 12.4 Å². The lowest BCUT2D eigenvalue weighted by atomic mass is 10.1. The monoisotopic (exact) mass is 209 g/mol. The number of ether oxygens (including phenoxy) is 1. The first-order chi connectivity index (χ1) is 7.27. The first-order valence-corrected chi connectivity index (χ1v) is 5.37. The summed E-state index contributed by atoms with van der Waals surface area (Å²) in [7, 11) is 1.61. The average molecular weight is 209 g/mol. The molecule has 0 aliphatic heterocycles. The van der Waals surface area contributed by atoms with E-state index in [1.54, 1.807) is 19.5 Å². The Hall–Kier alpha value is -1.16. The van der Waals surface area contributed by atoms with Gasteiger partial charge in [0, 0.05) is 18.4 Å². The summed E-state index contributed by atoms with van der Waals surface area (Å²) in [6, 6.07) is 0.252. The van der Waals surface area contributed by atoms with Gasteiger partial charge in [0.25, 0.3) is 0 Å². The number of nitrogens with two attached hydrogens (primary N) is 1. The van der Waals surface area contributed by atoms with Crippen LogP contribution in [0, 0.1) is 0 Å². The molecule has 0 fully saturated rings. The second-order valence-electron chi connectivity index (χ2n) is 3.60. The molecule has 0 radical (unpaired) electrons. The van der Waals surface area contributed by atoms with Crippen molar-refractivity contribution in [1.82, 2.24) is 9.97 Å². The van der Waals surface area contributed by atoms with Crippen molar-refractivity contribution in [3.05, 3.63) is 18.1 Å². The van der Waals surface area contributed by atoms with E-state index >= 15 is 0 Å². The zero-order chi connectivity index (χ0) is 11.1. The Morgan fingerprint density at radius 1 is 1.33 bits per heavy atom. The predicted octanol–water partition coefficient (Wildman–Crippen LogP) is 1.55. The molecule has 0 amide bonds. The minimum absolute atomic E-state index is 0.252. The number of rotatable bonds is 6. The van der Waals surface area contributed by atoms with Gasteiger partial charge < -0.3 is 10.5 Å². The number of aryl methyl sites for hydroxylation is 1. The molecule has 84 valence electrons. The Bertz CT molecular complexity index is 291. The zero-order valence-corrected chi connectivity index (χ0v) is 9.44. The maximum absolute atomic E-state index is 5.93. The van der Waals surface area contributed by atoms with Crippen LogP contribution >= 0.6 is 0 Å². The second kappa shape index (κ2) is 6.35. The summed E-state index contributed by atoms with van der Waals surface area (Å²) < 4.78 is 5.12. The lowest BCUT2D eigenvalue weighted by Gasteiger charge is -2.10. The second-order valence-corrected chi connectivity index (χ2v) is 3.60. The minimum atomic E-state index is 0.252. The zero-order valence-electron chi connectivity index (χ0n) is 9.44. The van der Waals surface area contributed by atoms with E-state index in [1.165, 1.54) is 0 Å². The van der Waals surface area contributed by atoms with Crippen LogP contribution in [0.3, 0.4) is 0 Å². The van der Waals surface area contributed by atoms with Gasteiger partial charge in [-0.15, -0.1) is 0 Å². The van der Waals surface area contributed by atoms with E-state index < -0.39 is 0 Å². The smallest absolute Gasteiger partial charge is 0.235 e. The quantitative estimate of drug-likeness (QED) is 0.772. The van der Waals surface area contributed by atoms with Crippen LogP contribution in [0.1, 0.15) is 31.9 Å². The Labute approximate surface area is 90.9 Å². The molecule has 0 spiro atoms. The van der Waals surface area contributed by atoms with E-state index in [1.807, 2.05) is 0 Å². The van der Waals surface area contributed by atoms with Gasteiger partial charge in [-0.2, -0.15) is 0 Å². The number of aromatic nitrogens is 2. The number of hydrogen-bond acceptors (Lipinski definition) is 4. The van der Waals surface area contributed by atoms with Crippen LogP contribution in [0.5, 0.6) is 5.88 Å². The summed E-state index contributed by atoms with van der Waals surface area (Å²) in [5.74, 6) is 0.612. The number of methoxy groups -OCH3 is 1. The van der Waals surface area contributed by atoms with Crippen molar-refractivity contribution in [1.29, 1.82) is 0 Å². The number of nitrogens with zero attached hydrogens (tertiary/aromatic N) is 2. The summed E-state index contributed by atoms with van der Waals surface area (Å²) in [4.78, 5) is 8.33. The Morgan fingerprint density at radius 2 is 2.07 bits per heavy atom.